The predicted octanol–water partition coefficient (Wildman–Crippen LogP) is 3.73. The van der Waals surface area contributed by atoms with Gasteiger partial charge in [0.25, 0.3) is 5.91 Å². The molecule has 1 aliphatic rings. The number of benzene rings is 2. The van der Waals surface area contributed by atoms with Crippen molar-refractivity contribution in [3.8, 4) is 11.5 Å². The Morgan fingerprint density at radius 2 is 2.04 bits per heavy atom. The molecular weight excluding hydrogens is 320 g/mol. The summed E-state index contributed by atoms with van der Waals surface area (Å²) in [6.45, 7) is -0.107. The first-order valence-corrected chi connectivity index (χ1v) is 8.19. The molecule has 0 spiro atoms. The van der Waals surface area contributed by atoms with E-state index in [0.717, 1.165) is 29.8 Å². The van der Waals surface area contributed by atoms with Gasteiger partial charge in [0.15, 0.2) is 29.6 Å². The quantitative estimate of drug-likeness (QED) is 0.741. The third-order valence-corrected chi connectivity index (χ3v) is 4.04. The molecule has 6 heteroatoms. The number of hydrogen-bond acceptors (Lipinski definition) is 5. The lowest BCUT2D eigenvalue weighted by Gasteiger charge is -2.10. The first-order valence-electron chi connectivity index (χ1n) is 8.19. The minimum absolute atomic E-state index is 0.107. The van der Waals surface area contributed by atoms with Crippen LogP contribution in [0.3, 0.4) is 0 Å². The van der Waals surface area contributed by atoms with Crippen LogP contribution in [-0.4, -0.2) is 24.6 Å². The molecule has 0 unspecified atom stereocenters. The molecule has 1 aromatic heterocycles. The molecule has 3 aromatic rings. The smallest absolute Gasteiger partial charge is 0.262 e. The third kappa shape index (κ3) is 3.42. The number of para-hydroxylation sites is 2. The van der Waals surface area contributed by atoms with E-state index in [1.807, 2.05) is 24.3 Å². The molecule has 1 fully saturated rings. The van der Waals surface area contributed by atoms with E-state index in [1.54, 1.807) is 25.3 Å². The summed E-state index contributed by atoms with van der Waals surface area (Å²) in [5.74, 6) is 2.11. The van der Waals surface area contributed by atoms with E-state index >= 15 is 0 Å². The molecule has 1 saturated carbocycles. The lowest BCUT2D eigenvalue weighted by Crippen LogP contribution is -2.20. The van der Waals surface area contributed by atoms with Crippen LogP contribution in [0.25, 0.3) is 11.1 Å². The van der Waals surface area contributed by atoms with Gasteiger partial charge >= 0.3 is 0 Å². The highest BCUT2D eigenvalue weighted by molar-refractivity contribution is 5.93. The fraction of sp³-hybridized carbons (Fsp3) is 0.263. The predicted molar refractivity (Wildman–Crippen MR) is 93.1 cm³/mol. The van der Waals surface area contributed by atoms with E-state index in [2.05, 4.69) is 10.3 Å². The van der Waals surface area contributed by atoms with Gasteiger partial charge in [-0.25, -0.2) is 4.98 Å². The van der Waals surface area contributed by atoms with E-state index in [0.29, 0.717) is 23.1 Å². The highest BCUT2D eigenvalue weighted by Gasteiger charge is 2.28. The Morgan fingerprint density at radius 1 is 1.24 bits per heavy atom. The summed E-state index contributed by atoms with van der Waals surface area (Å²) in [7, 11) is 1.56. The summed E-state index contributed by atoms with van der Waals surface area (Å²) < 4.78 is 16.4. The summed E-state index contributed by atoms with van der Waals surface area (Å²) in [6, 6.07) is 12.6. The highest BCUT2D eigenvalue weighted by atomic mass is 16.5. The molecule has 25 heavy (non-hydrogen) atoms. The Bertz CT molecular complexity index is 915. The molecular formula is C19H18N2O4. The molecule has 0 saturated heterocycles. The molecule has 1 N–H and O–H groups in total. The number of anilines is 1. The van der Waals surface area contributed by atoms with Crippen molar-refractivity contribution in [1.29, 1.82) is 0 Å². The molecule has 128 valence electrons. The number of aromatic nitrogens is 1. The van der Waals surface area contributed by atoms with Gasteiger partial charge in [0, 0.05) is 11.6 Å². The van der Waals surface area contributed by atoms with Gasteiger partial charge in [-0.1, -0.05) is 12.1 Å². The van der Waals surface area contributed by atoms with E-state index in [9.17, 15) is 4.79 Å². The van der Waals surface area contributed by atoms with E-state index < -0.39 is 0 Å². The maximum atomic E-state index is 12.1. The number of nitrogens with zero attached hydrogens (tertiary/aromatic N) is 1. The van der Waals surface area contributed by atoms with Crippen molar-refractivity contribution in [3.05, 3.63) is 48.4 Å². The maximum Gasteiger partial charge on any atom is 0.262 e. The van der Waals surface area contributed by atoms with Gasteiger partial charge in [0.2, 0.25) is 0 Å². The third-order valence-electron chi connectivity index (χ3n) is 4.04. The fourth-order valence-corrected chi connectivity index (χ4v) is 2.61. The first-order chi connectivity index (χ1) is 12.2. The molecule has 2 aromatic carbocycles. The molecule has 0 radical (unpaired) electrons. The first kappa shape index (κ1) is 15.5. The summed E-state index contributed by atoms with van der Waals surface area (Å²) in [6.07, 6.45) is 2.27. The summed E-state index contributed by atoms with van der Waals surface area (Å²) in [5.41, 5.74) is 2.16. The van der Waals surface area contributed by atoms with Crippen LogP contribution in [0, 0.1) is 0 Å². The number of amides is 1. The fourth-order valence-electron chi connectivity index (χ4n) is 2.61. The second kappa shape index (κ2) is 6.47. The largest absolute Gasteiger partial charge is 0.493 e. The monoisotopic (exact) mass is 338 g/mol. The minimum atomic E-state index is -0.254. The topological polar surface area (TPSA) is 73.6 Å². The molecule has 0 atom stereocenters. The van der Waals surface area contributed by atoms with E-state index in [-0.39, 0.29) is 12.5 Å². The average molecular weight is 338 g/mol. The molecule has 1 amide bonds. The van der Waals surface area contributed by atoms with Crippen molar-refractivity contribution in [3.63, 3.8) is 0 Å². The summed E-state index contributed by atoms with van der Waals surface area (Å²) in [4.78, 5) is 16.6. The van der Waals surface area contributed by atoms with E-state index in [1.165, 1.54) is 0 Å². The van der Waals surface area contributed by atoms with Gasteiger partial charge in [0.1, 0.15) is 5.52 Å². The second-order valence-corrected chi connectivity index (χ2v) is 6.00. The van der Waals surface area contributed by atoms with Crippen molar-refractivity contribution in [2.45, 2.75) is 18.8 Å². The number of carbonyl (C=O) groups excluding carboxylic acids is 1. The van der Waals surface area contributed by atoms with Crippen molar-refractivity contribution in [1.82, 2.24) is 4.98 Å². The number of fused-ring (bicyclic) bond motifs is 1. The molecule has 1 aliphatic carbocycles. The van der Waals surface area contributed by atoms with Crippen LogP contribution in [0.1, 0.15) is 24.7 Å². The van der Waals surface area contributed by atoms with Crippen LogP contribution in [0.5, 0.6) is 11.5 Å². The Kier molecular flexibility index (Phi) is 4.01. The molecule has 4 rings (SSSR count). The van der Waals surface area contributed by atoms with Crippen LogP contribution < -0.4 is 14.8 Å². The normalized spacial score (nSPS) is 13.6. The Balaban J connectivity index is 1.41. The SMILES string of the molecule is COc1ccccc1OCC(=O)Nc1ccc2oc(C3CC3)nc2c1. The Labute approximate surface area is 144 Å². The van der Waals surface area contributed by atoms with Crippen molar-refractivity contribution in [2.75, 3.05) is 19.0 Å². The average Bonchev–Trinajstić information content (AvgIpc) is 3.40. The van der Waals surface area contributed by atoms with Gasteiger partial charge in [-0.05, 0) is 43.2 Å². The van der Waals surface area contributed by atoms with Gasteiger partial charge in [-0.3, -0.25) is 4.79 Å². The Hall–Kier alpha value is -3.02. The van der Waals surface area contributed by atoms with Gasteiger partial charge in [0.05, 0.1) is 7.11 Å². The summed E-state index contributed by atoms with van der Waals surface area (Å²) >= 11 is 0. The zero-order valence-electron chi connectivity index (χ0n) is 13.8. The highest BCUT2D eigenvalue weighted by Crippen LogP contribution is 2.40. The van der Waals surface area contributed by atoms with Crippen LogP contribution >= 0.6 is 0 Å². The van der Waals surface area contributed by atoms with Crippen LogP contribution in [0.4, 0.5) is 5.69 Å². The summed E-state index contributed by atoms with van der Waals surface area (Å²) in [5, 5.41) is 2.81. The maximum absolute atomic E-state index is 12.1. The molecule has 0 bridgehead atoms. The number of nitrogens with one attached hydrogen (secondary N) is 1. The van der Waals surface area contributed by atoms with Crippen molar-refractivity contribution < 1.29 is 18.7 Å². The van der Waals surface area contributed by atoms with Crippen LogP contribution in [0.15, 0.2) is 46.9 Å². The van der Waals surface area contributed by atoms with Gasteiger partial charge in [-0.2, -0.15) is 0 Å². The van der Waals surface area contributed by atoms with Crippen LogP contribution in [0.2, 0.25) is 0 Å². The van der Waals surface area contributed by atoms with E-state index in [4.69, 9.17) is 13.9 Å². The number of carbonyl (C=O) groups is 1. The van der Waals surface area contributed by atoms with Gasteiger partial charge in [-0.15, -0.1) is 0 Å². The Morgan fingerprint density at radius 3 is 2.80 bits per heavy atom. The number of ether oxygens (including phenoxy) is 2. The molecule has 1 heterocycles. The standard InChI is InChI=1S/C19H18N2O4/c1-23-16-4-2-3-5-17(16)24-11-18(22)20-13-8-9-15-14(10-13)21-19(25-15)12-6-7-12/h2-5,8-10,12H,6-7,11H2,1H3,(H,20,22). The van der Waals surface area contributed by atoms with Gasteiger partial charge < -0.3 is 19.2 Å². The lowest BCUT2D eigenvalue weighted by atomic mass is 10.3. The zero-order valence-corrected chi connectivity index (χ0v) is 13.8. The zero-order chi connectivity index (χ0) is 17.2. The number of hydrogen-bond donors (Lipinski definition) is 1. The molecule has 0 aliphatic heterocycles. The minimum Gasteiger partial charge on any atom is -0.493 e. The number of oxazole rings is 1. The molecule has 6 nitrogen and oxygen atoms in total. The number of methoxy groups -OCH3 is 1. The number of rotatable bonds is 6. The lowest BCUT2D eigenvalue weighted by molar-refractivity contribution is -0.118. The van der Waals surface area contributed by atoms with Crippen molar-refractivity contribution >= 4 is 22.7 Å². The second-order valence-electron chi connectivity index (χ2n) is 6.00. The van der Waals surface area contributed by atoms with Crippen molar-refractivity contribution in [2.24, 2.45) is 0 Å². The van der Waals surface area contributed by atoms with Crippen LogP contribution in [-0.2, 0) is 4.79 Å².